The van der Waals surface area contributed by atoms with Gasteiger partial charge in [-0.1, -0.05) is 12.1 Å². The fourth-order valence-corrected chi connectivity index (χ4v) is 2.93. The van der Waals surface area contributed by atoms with Gasteiger partial charge in [0.1, 0.15) is 17.9 Å². The van der Waals surface area contributed by atoms with Gasteiger partial charge in [-0.05, 0) is 49.7 Å². The molecule has 9 heteroatoms. The van der Waals surface area contributed by atoms with Crippen molar-refractivity contribution in [1.29, 1.82) is 0 Å². The van der Waals surface area contributed by atoms with Crippen LogP contribution in [-0.4, -0.2) is 39.8 Å². The van der Waals surface area contributed by atoms with Gasteiger partial charge in [0.15, 0.2) is 5.96 Å². The van der Waals surface area contributed by atoms with Crippen molar-refractivity contribution in [2.75, 3.05) is 18.4 Å². The summed E-state index contributed by atoms with van der Waals surface area (Å²) in [5.41, 5.74) is 0.466. The maximum atomic E-state index is 12.2. The van der Waals surface area contributed by atoms with E-state index in [0.717, 1.165) is 5.56 Å². The van der Waals surface area contributed by atoms with Crippen molar-refractivity contribution in [3.8, 4) is 0 Å². The molecule has 1 atom stereocenters. The summed E-state index contributed by atoms with van der Waals surface area (Å²) in [5.74, 6) is 0.899. The Labute approximate surface area is 181 Å². The second-order valence-electron chi connectivity index (χ2n) is 7.25. The van der Waals surface area contributed by atoms with Crippen LogP contribution in [0.4, 0.5) is 5.69 Å². The number of benzene rings is 1. The van der Waals surface area contributed by atoms with Crippen LogP contribution in [0.15, 0.2) is 70.5 Å². The Morgan fingerprint density at radius 2 is 2.13 bits per heavy atom. The number of aromatic nitrogens is 2. The second-order valence-corrected chi connectivity index (χ2v) is 7.25. The molecule has 9 nitrogen and oxygen atoms in total. The molecule has 0 saturated carbocycles. The molecule has 0 saturated heterocycles. The number of hydrogen-bond donors (Lipinski definition) is 4. The van der Waals surface area contributed by atoms with Crippen molar-refractivity contribution in [2.24, 2.45) is 4.99 Å². The molecule has 1 unspecified atom stereocenters. The van der Waals surface area contributed by atoms with Crippen LogP contribution in [0.5, 0.6) is 0 Å². The van der Waals surface area contributed by atoms with Gasteiger partial charge >= 0.3 is 0 Å². The third-order valence-corrected chi connectivity index (χ3v) is 4.49. The highest BCUT2D eigenvalue weighted by Gasteiger charge is 2.26. The van der Waals surface area contributed by atoms with Crippen LogP contribution >= 0.6 is 0 Å². The summed E-state index contributed by atoms with van der Waals surface area (Å²) in [6.45, 7) is 5.12. The van der Waals surface area contributed by atoms with Crippen LogP contribution in [0, 0.1) is 0 Å². The molecule has 3 aromatic rings. The first-order chi connectivity index (χ1) is 15.0. The highest BCUT2D eigenvalue weighted by molar-refractivity contribution is 5.90. The molecule has 0 aliphatic rings. The first-order valence-electron chi connectivity index (χ1n) is 10.1. The zero-order valence-corrected chi connectivity index (χ0v) is 17.7. The molecule has 0 spiro atoms. The maximum absolute atomic E-state index is 12.2. The number of furan rings is 1. The zero-order chi connectivity index (χ0) is 22.1. The van der Waals surface area contributed by atoms with Gasteiger partial charge < -0.3 is 25.5 Å². The quantitative estimate of drug-likeness (QED) is 0.309. The topological polar surface area (TPSA) is 117 Å². The smallest absolute Gasteiger partial charge is 0.246 e. The fraction of sp³-hybridized carbons (Fsp3) is 0.318. The minimum Gasteiger partial charge on any atom is -0.466 e. The largest absolute Gasteiger partial charge is 0.466 e. The van der Waals surface area contributed by atoms with E-state index >= 15 is 0 Å². The average molecular weight is 425 g/mol. The van der Waals surface area contributed by atoms with E-state index in [2.05, 4.69) is 26.0 Å². The van der Waals surface area contributed by atoms with Crippen molar-refractivity contribution >= 4 is 17.6 Å². The van der Waals surface area contributed by atoms with Crippen LogP contribution < -0.4 is 16.0 Å². The Bertz CT molecular complexity index is 981. The first kappa shape index (κ1) is 22.1. The van der Waals surface area contributed by atoms with Crippen molar-refractivity contribution in [1.82, 2.24) is 20.4 Å². The third-order valence-electron chi connectivity index (χ3n) is 4.49. The molecule has 0 radical (unpaired) electrons. The minimum atomic E-state index is -1.17. The van der Waals surface area contributed by atoms with Crippen molar-refractivity contribution in [3.05, 3.63) is 72.4 Å². The molecule has 164 valence electrons. The van der Waals surface area contributed by atoms with Gasteiger partial charge in [0, 0.05) is 24.6 Å². The Balaban J connectivity index is 1.58. The number of anilines is 1. The average Bonchev–Trinajstić information content (AvgIpc) is 3.45. The van der Waals surface area contributed by atoms with Crippen LogP contribution in [0.25, 0.3) is 0 Å². The number of aliphatic imine (C=N–C) groups is 1. The number of carbonyl (C=O) groups excluding carboxylic acids is 1. The van der Waals surface area contributed by atoms with E-state index in [4.69, 9.17) is 4.42 Å². The Morgan fingerprint density at radius 3 is 2.84 bits per heavy atom. The number of hydrogen-bond acceptors (Lipinski definition) is 5. The lowest BCUT2D eigenvalue weighted by atomic mass is 10.0. The molecule has 3 rings (SSSR count). The normalized spacial score (nSPS) is 13.5. The van der Waals surface area contributed by atoms with E-state index in [0.29, 0.717) is 30.5 Å². The van der Waals surface area contributed by atoms with Gasteiger partial charge in [-0.3, -0.25) is 9.48 Å². The van der Waals surface area contributed by atoms with Gasteiger partial charge in [0.25, 0.3) is 0 Å². The predicted octanol–water partition coefficient (Wildman–Crippen LogP) is 2.08. The van der Waals surface area contributed by atoms with Crippen LogP contribution in [-0.2, 0) is 23.5 Å². The second kappa shape index (κ2) is 10.4. The molecule has 31 heavy (non-hydrogen) atoms. The molecule has 0 bridgehead atoms. The Hall–Kier alpha value is -3.59. The number of nitrogens with zero attached hydrogens (tertiary/aromatic N) is 3. The van der Waals surface area contributed by atoms with Crippen molar-refractivity contribution in [2.45, 2.75) is 32.5 Å². The number of nitrogens with one attached hydrogen (secondary N) is 3. The van der Waals surface area contributed by atoms with Gasteiger partial charge in [0.2, 0.25) is 5.91 Å². The third kappa shape index (κ3) is 6.71. The summed E-state index contributed by atoms with van der Waals surface area (Å²) in [4.78, 5) is 16.7. The molecule has 1 amide bonds. The molecule has 2 heterocycles. The number of carbonyl (C=O) groups is 1. The van der Waals surface area contributed by atoms with Gasteiger partial charge in [-0.2, -0.15) is 5.10 Å². The van der Waals surface area contributed by atoms with E-state index in [-0.39, 0.29) is 19.0 Å². The zero-order valence-electron chi connectivity index (χ0n) is 17.7. The van der Waals surface area contributed by atoms with Gasteiger partial charge in [0.05, 0.1) is 19.4 Å². The first-order valence-corrected chi connectivity index (χ1v) is 10.1. The van der Waals surface area contributed by atoms with Crippen molar-refractivity contribution in [3.63, 3.8) is 0 Å². The van der Waals surface area contributed by atoms with Crippen LogP contribution in [0.2, 0.25) is 0 Å². The summed E-state index contributed by atoms with van der Waals surface area (Å²) in [6.07, 6.45) is 4.91. The molecule has 4 N–H and O–H groups in total. The van der Waals surface area contributed by atoms with E-state index in [1.54, 1.807) is 42.2 Å². The standard InChI is InChI=1S/C22H28N6O3/c1-3-23-21(25-16-22(2,30)19-9-5-12-31-19)24-14-17-7-4-8-18(13-17)27-20(29)15-28-11-6-10-26-28/h4-13,30H,3,14-16H2,1-2H3,(H,27,29)(H2,23,24,25). The summed E-state index contributed by atoms with van der Waals surface area (Å²) in [7, 11) is 0. The maximum Gasteiger partial charge on any atom is 0.246 e. The lowest BCUT2D eigenvalue weighted by Gasteiger charge is -2.22. The fourth-order valence-electron chi connectivity index (χ4n) is 2.93. The van der Waals surface area contributed by atoms with Gasteiger partial charge in [-0.15, -0.1) is 0 Å². The van der Waals surface area contributed by atoms with Crippen molar-refractivity contribution < 1.29 is 14.3 Å². The molecule has 2 aromatic heterocycles. The summed E-state index contributed by atoms with van der Waals surface area (Å²) < 4.78 is 6.87. The monoisotopic (exact) mass is 424 g/mol. The number of aliphatic hydroxyl groups is 1. The predicted molar refractivity (Wildman–Crippen MR) is 118 cm³/mol. The van der Waals surface area contributed by atoms with E-state index < -0.39 is 5.60 Å². The van der Waals surface area contributed by atoms with E-state index in [9.17, 15) is 9.90 Å². The summed E-state index contributed by atoms with van der Waals surface area (Å²) >= 11 is 0. The molecular weight excluding hydrogens is 396 g/mol. The highest BCUT2D eigenvalue weighted by Crippen LogP contribution is 2.19. The molecular formula is C22H28N6O3. The number of guanidine groups is 1. The summed E-state index contributed by atoms with van der Waals surface area (Å²) in [6, 6.07) is 12.8. The lowest BCUT2D eigenvalue weighted by molar-refractivity contribution is -0.116. The molecule has 0 fully saturated rings. The Morgan fingerprint density at radius 1 is 1.26 bits per heavy atom. The summed E-state index contributed by atoms with van der Waals surface area (Å²) in [5, 5.41) is 23.8. The SMILES string of the molecule is CCNC(=NCc1cccc(NC(=O)Cn2cccn2)c1)NCC(C)(O)c1ccco1. The van der Waals surface area contributed by atoms with Crippen LogP contribution in [0.1, 0.15) is 25.2 Å². The number of amides is 1. The molecule has 0 aliphatic heterocycles. The lowest BCUT2D eigenvalue weighted by Crippen LogP contribution is -2.44. The number of rotatable bonds is 9. The highest BCUT2D eigenvalue weighted by atomic mass is 16.4. The van der Waals surface area contributed by atoms with Gasteiger partial charge in [-0.25, -0.2) is 4.99 Å². The molecule has 0 aliphatic carbocycles. The minimum absolute atomic E-state index is 0.152. The van der Waals surface area contributed by atoms with Crippen LogP contribution in [0.3, 0.4) is 0 Å². The Kier molecular flexibility index (Phi) is 7.45. The molecule has 1 aromatic carbocycles. The van der Waals surface area contributed by atoms with E-state index in [1.165, 1.54) is 6.26 Å². The van der Waals surface area contributed by atoms with E-state index in [1.807, 2.05) is 31.2 Å².